The van der Waals surface area contributed by atoms with Crippen LogP contribution in [0.3, 0.4) is 0 Å². The number of aliphatic hydroxyl groups is 6. The average molecular weight is 620 g/mol. The second-order valence-corrected chi connectivity index (χ2v) is 11.4. The van der Waals surface area contributed by atoms with Crippen molar-refractivity contribution in [2.75, 3.05) is 13.2 Å². The fourth-order valence-corrected chi connectivity index (χ4v) is 4.93. The molecule has 12 nitrogen and oxygen atoms in total. The van der Waals surface area contributed by atoms with E-state index in [1.54, 1.807) is 0 Å². The summed E-state index contributed by atoms with van der Waals surface area (Å²) in [5.41, 5.74) is 0. The Kier molecular flexibility index (Phi) is 20.0. The van der Waals surface area contributed by atoms with Crippen LogP contribution in [0.2, 0.25) is 0 Å². The minimum Gasteiger partial charge on any atom is -0.756 e. The molecule has 1 saturated carbocycles. The predicted molar refractivity (Wildman–Crippen MR) is 154 cm³/mol. The molecule has 1 rings (SSSR count). The maximum absolute atomic E-state index is 12.1. The summed E-state index contributed by atoms with van der Waals surface area (Å²) in [5, 5.41) is 58.1. The number of carbonyl (C=O) groups is 1. The van der Waals surface area contributed by atoms with Crippen molar-refractivity contribution in [1.29, 1.82) is 0 Å². The summed E-state index contributed by atoms with van der Waals surface area (Å²) in [6, 6.07) is 0. The van der Waals surface area contributed by atoms with Crippen LogP contribution in [0.4, 0.5) is 0 Å². The number of phosphoric ester groups is 1. The summed E-state index contributed by atoms with van der Waals surface area (Å²) in [7, 11) is -5.27. The van der Waals surface area contributed by atoms with Gasteiger partial charge in [0.25, 0.3) is 7.82 Å². The van der Waals surface area contributed by atoms with Gasteiger partial charge in [0, 0.05) is 6.42 Å². The molecule has 0 spiro atoms. The summed E-state index contributed by atoms with van der Waals surface area (Å²) in [6.45, 7) is 0.637. The topological polar surface area (TPSA) is 206 Å². The van der Waals surface area contributed by atoms with E-state index in [9.17, 15) is 44.9 Å². The molecule has 13 heteroatoms. The first-order valence-electron chi connectivity index (χ1n) is 14.5. The van der Waals surface area contributed by atoms with Gasteiger partial charge in [0.05, 0.1) is 13.2 Å². The SMILES string of the molecule is CCCCC/C=C\C/C=C\C/C=C\C/C=C\CCCC(=O)OC(CO)COP(=O)([O-])OC1C(O)C(O)C(O)C(O)C1O. The largest absolute Gasteiger partial charge is 0.756 e. The van der Waals surface area contributed by atoms with Crippen molar-refractivity contribution in [2.24, 2.45) is 0 Å². The number of allylic oxidation sites excluding steroid dienone is 8. The molecule has 1 fully saturated rings. The summed E-state index contributed by atoms with van der Waals surface area (Å²) in [4.78, 5) is 24.2. The van der Waals surface area contributed by atoms with Crippen LogP contribution in [-0.4, -0.2) is 92.5 Å². The van der Waals surface area contributed by atoms with E-state index in [0.29, 0.717) is 12.8 Å². The molecule has 42 heavy (non-hydrogen) atoms. The zero-order valence-corrected chi connectivity index (χ0v) is 25.1. The molecule has 6 atom stereocenters. The second-order valence-electron chi connectivity index (χ2n) is 10.0. The number of hydrogen-bond donors (Lipinski definition) is 6. The number of esters is 1. The highest BCUT2D eigenvalue weighted by molar-refractivity contribution is 7.45. The van der Waals surface area contributed by atoms with Crippen LogP contribution in [0.5, 0.6) is 0 Å². The molecule has 0 radical (unpaired) electrons. The standard InChI is InChI=1S/C29H49O12P/c1-2-3-4-5-6-7-8-9-10-11-12-13-14-15-16-17-18-19-23(31)40-22(20-30)21-39-42(37,38)41-29-27(35)25(33)24(32)26(34)28(29)36/h6-7,9-10,12-13,15-16,22,24-30,32-36H,2-5,8,11,14,17-21H2,1H3,(H,37,38)/p-1/b7-6-,10-9-,13-12-,16-15-. The number of ether oxygens (including phenoxy) is 1. The number of rotatable bonds is 21. The maximum Gasteiger partial charge on any atom is 0.306 e. The molecular weight excluding hydrogens is 571 g/mol. The Morgan fingerprint density at radius 1 is 0.786 bits per heavy atom. The number of unbranched alkanes of at least 4 members (excludes halogenated alkanes) is 4. The van der Waals surface area contributed by atoms with Crippen LogP contribution in [0.15, 0.2) is 48.6 Å². The summed E-state index contributed by atoms with van der Waals surface area (Å²) in [5.74, 6) is -0.673. The maximum atomic E-state index is 12.1. The van der Waals surface area contributed by atoms with Crippen molar-refractivity contribution in [1.82, 2.24) is 0 Å². The van der Waals surface area contributed by atoms with Crippen molar-refractivity contribution in [3.63, 3.8) is 0 Å². The molecule has 0 aromatic rings. The third-order valence-electron chi connectivity index (χ3n) is 6.45. The van der Waals surface area contributed by atoms with E-state index < -0.39 is 69.7 Å². The Morgan fingerprint density at radius 3 is 1.76 bits per heavy atom. The molecule has 242 valence electrons. The highest BCUT2D eigenvalue weighted by atomic mass is 31.2. The van der Waals surface area contributed by atoms with E-state index in [1.807, 2.05) is 12.2 Å². The van der Waals surface area contributed by atoms with Crippen LogP contribution in [0.1, 0.15) is 71.1 Å². The first kappa shape index (κ1) is 38.3. The van der Waals surface area contributed by atoms with Gasteiger partial charge in [0.15, 0.2) is 0 Å². The first-order chi connectivity index (χ1) is 20.0. The quantitative estimate of drug-likeness (QED) is 0.0470. The third-order valence-corrected chi connectivity index (χ3v) is 7.42. The Bertz CT molecular complexity index is 889. The molecule has 0 aromatic heterocycles. The van der Waals surface area contributed by atoms with E-state index >= 15 is 0 Å². The Hall–Kier alpha value is -1.70. The van der Waals surface area contributed by atoms with E-state index in [0.717, 1.165) is 25.7 Å². The lowest BCUT2D eigenvalue weighted by Crippen LogP contribution is -2.64. The van der Waals surface area contributed by atoms with Gasteiger partial charge in [-0.1, -0.05) is 68.4 Å². The number of phosphoric acid groups is 1. The zero-order valence-electron chi connectivity index (χ0n) is 24.2. The zero-order chi connectivity index (χ0) is 31.4. The number of aliphatic hydroxyl groups excluding tert-OH is 6. The van der Waals surface area contributed by atoms with Crippen LogP contribution in [0.25, 0.3) is 0 Å². The van der Waals surface area contributed by atoms with Gasteiger partial charge in [0.2, 0.25) is 0 Å². The van der Waals surface area contributed by atoms with E-state index in [2.05, 4.69) is 52.4 Å². The Morgan fingerprint density at radius 2 is 1.26 bits per heavy atom. The monoisotopic (exact) mass is 619 g/mol. The van der Waals surface area contributed by atoms with Crippen LogP contribution < -0.4 is 4.89 Å². The molecule has 0 saturated heterocycles. The Balaban J connectivity index is 2.25. The van der Waals surface area contributed by atoms with Crippen molar-refractivity contribution >= 4 is 13.8 Å². The van der Waals surface area contributed by atoms with Crippen molar-refractivity contribution in [2.45, 2.75) is 114 Å². The van der Waals surface area contributed by atoms with E-state index in [4.69, 9.17) is 4.74 Å². The summed E-state index contributed by atoms with van der Waals surface area (Å²) < 4.78 is 26.3. The smallest absolute Gasteiger partial charge is 0.306 e. The molecule has 0 amide bonds. The van der Waals surface area contributed by atoms with Crippen LogP contribution in [0, 0.1) is 0 Å². The van der Waals surface area contributed by atoms with E-state index in [-0.39, 0.29) is 6.42 Å². The van der Waals surface area contributed by atoms with Crippen molar-refractivity contribution in [3.8, 4) is 0 Å². The van der Waals surface area contributed by atoms with Crippen LogP contribution >= 0.6 is 7.82 Å². The molecule has 6 unspecified atom stereocenters. The minimum absolute atomic E-state index is 0.0264. The van der Waals surface area contributed by atoms with Crippen LogP contribution in [-0.2, 0) is 23.1 Å². The first-order valence-corrected chi connectivity index (χ1v) is 15.9. The lowest BCUT2D eigenvalue weighted by atomic mass is 9.85. The second kappa shape index (κ2) is 21.9. The molecule has 0 aromatic carbocycles. The number of carbonyl (C=O) groups excluding carboxylic acids is 1. The molecule has 1 aliphatic rings. The predicted octanol–water partition coefficient (Wildman–Crippen LogP) is 1.72. The van der Waals surface area contributed by atoms with Gasteiger partial charge in [0.1, 0.15) is 42.7 Å². The van der Waals surface area contributed by atoms with Gasteiger partial charge in [-0.05, 0) is 44.9 Å². The minimum atomic E-state index is -5.27. The average Bonchev–Trinajstić information content (AvgIpc) is 2.97. The molecule has 0 heterocycles. The lowest BCUT2D eigenvalue weighted by Gasteiger charge is -2.43. The highest BCUT2D eigenvalue weighted by Crippen LogP contribution is 2.43. The van der Waals surface area contributed by atoms with Gasteiger partial charge in [-0.25, -0.2) is 0 Å². The van der Waals surface area contributed by atoms with Crippen molar-refractivity contribution in [3.05, 3.63) is 48.6 Å². The molecule has 0 aliphatic heterocycles. The lowest BCUT2D eigenvalue weighted by molar-refractivity contribution is -0.261. The fourth-order valence-electron chi connectivity index (χ4n) is 3.97. The van der Waals surface area contributed by atoms with E-state index in [1.165, 1.54) is 19.3 Å². The molecule has 1 aliphatic carbocycles. The van der Waals surface area contributed by atoms with Gasteiger partial charge in [-0.2, -0.15) is 0 Å². The normalized spacial score (nSPS) is 27.3. The van der Waals surface area contributed by atoms with Gasteiger partial charge in [-0.15, -0.1) is 0 Å². The number of hydrogen-bond acceptors (Lipinski definition) is 12. The Labute approximate surface area is 248 Å². The highest BCUT2D eigenvalue weighted by Gasteiger charge is 2.50. The van der Waals surface area contributed by atoms with Gasteiger partial charge < -0.3 is 49.3 Å². The fraction of sp³-hybridized carbons (Fsp3) is 0.690. The van der Waals surface area contributed by atoms with Gasteiger partial charge >= 0.3 is 5.97 Å². The summed E-state index contributed by atoms with van der Waals surface area (Å²) >= 11 is 0. The van der Waals surface area contributed by atoms with Crippen molar-refractivity contribution < 1.29 is 58.7 Å². The molecule has 6 N–H and O–H groups in total. The summed E-state index contributed by atoms with van der Waals surface area (Å²) in [6.07, 6.45) is 12.0. The molecular formula is C29H48O12P-. The van der Waals surface area contributed by atoms with Gasteiger partial charge in [-0.3, -0.25) is 9.36 Å². The third kappa shape index (κ3) is 15.7. The molecule has 0 bridgehead atoms.